The Morgan fingerprint density at radius 1 is 1.00 bits per heavy atom. The molecule has 0 amide bonds. The summed E-state index contributed by atoms with van der Waals surface area (Å²) in [5.41, 5.74) is 2.65. The molecule has 0 bridgehead atoms. The van der Waals surface area contributed by atoms with Crippen LogP contribution in [0.2, 0.25) is 0 Å². The first-order valence-corrected chi connectivity index (χ1v) is 8.56. The summed E-state index contributed by atoms with van der Waals surface area (Å²) < 4.78 is 16.3. The minimum absolute atomic E-state index is 0.395. The highest BCUT2D eigenvalue weighted by atomic mass is 16.5. The van der Waals surface area contributed by atoms with Crippen molar-refractivity contribution in [3.63, 3.8) is 0 Å². The molecule has 3 aromatic rings. The molecule has 1 aromatic heterocycles. The van der Waals surface area contributed by atoms with Crippen LogP contribution in [0.25, 0.3) is 22.2 Å². The van der Waals surface area contributed by atoms with Crippen LogP contribution in [0.3, 0.4) is 0 Å². The number of pyridine rings is 1. The first-order valence-electron chi connectivity index (χ1n) is 8.56. The van der Waals surface area contributed by atoms with Crippen molar-refractivity contribution >= 4 is 16.9 Å². The van der Waals surface area contributed by atoms with Crippen LogP contribution in [0.4, 0.5) is 0 Å². The Hall–Kier alpha value is -3.08. The van der Waals surface area contributed by atoms with Crippen molar-refractivity contribution < 1.29 is 19.0 Å². The van der Waals surface area contributed by atoms with Gasteiger partial charge in [-0.3, -0.25) is 0 Å². The summed E-state index contributed by atoms with van der Waals surface area (Å²) >= 11 is 0. The molecule has 0 aliphatic heterocycles. The summed E-state index contributed by atoms with van der Waals surface area (Å²) in [4.78, 5) is 17.0. The van der Waals surface area contributed by atoms with E-state index in [1.807, 2.05) is 56.3 Å². The molecule has 134 valence electrons. The van der Waals surface area contributed by atoms with Crippen molar-refractivity contribution in [1.82, 2.24) is 4.98 Å². The van der Waals surface area contributed by atoms with E-state index in [0.29, 0.717) is 30.2 Å². The van der Waals surface area contributed by atoms with Crippen LogP contribution in [0.15, 0.2) is 48.5 Å². The number of methoxy groups -OCH3 is 1. The topological polar surface area (TPSA) is 57.7 Å². The largest absolute Gasteiger partial charge is 0.494 e. The highest BCUT2D eigenvalue weighted by Gasteiger charge is 2.16. The average molecular weight is 351 g/mol. The van der Waals surface area contributed by atoms with Crippen LogP contribution in [0, 0.1) is 0 Å². The fourth-order valence-electron chi connectivity index (χ4n) is 2.84. The van der Waals surface area contributed by atoms with E-state index in [2.05, 4.69) is 0 Å². The maximum atomic E-state index is 12.3. The van der Waals surface area contributed by atoms with Crippen molar-refractivity contribution in [3.05, 3.63) is 54.1 Å². The van der Waals surface area contributed by atoms with Gasteiger partial charge in [0, 0.05) is 17.0 Å². The van der Waals surface area contributed by atoms with Gasteiger partial charge < -0.3 is 14.2 Å². The maximum absolute atomic E-state index is 12.3. The molecule has 5 nitrogen and oxygen atoms in total. The maximum Gasteiger partial charge on any atom is 0.338 e. The van der Waals surface area contributed by atoms with Crippen molar-refractivity contribution in [2.75, 3.05) is 20.3 Å². The van der Waals surface area contributed by atoms with Crippen molar-refractivity contribution in [2.24, 2.45) is 0 Å². The van der Waals surface area contributed by atoms with E-state index in [0.717, 1.165) is 22.2 Å². The predicted molar refractivity (Wildman–Crippen MR) is 101 cm³/mol. The van der Waals surface area contributed by atoms with E-state index in [-0.39, 0.29) is 0 Å². The zero-order valence-electron chi connectivity index (χ0n) is 15.1. The van der Waals surface area contributed by atoms with Gasteiger partial charge in [0.15, 0.2) is 0 Å². The van der Waals surface area contributed by atoms with Gasteiger partial charge >= 0.3 is 5.97 Å². The third-order valence-electron chi connectivity index (χ3n) is 3.96. The number of hydrogen-bond acceptors (Lipinski definition) is 5. The first kappa shape index (κ1) is 17.7. The monoisotopic (exact) mass is 351 g/mol. The number of ether oxygens (including phenoxy) is 3. The fourth-order valence-corrected chi connectivity index (χ4v) is 2.84. The number of carbonyl (C=O) groups is 1. The Labute approximate surface area is 152 Å². The quantitative estimate of drug-likeness (QED) is 0.613. The molecule has 0 saturated carbocycles. The Morgan fingerprint density at radius 3 is 2.50 bits per heavy atom. The van der Waals surface area contributed by atoms with Crippen LogP contribution < -0.4 is 9.47 Å². The number of esters is 1. The number of nitrogens with zero attached hydrogens (tertiary/aromatic N) is 1. The van der Waals surface area contributed by atoms with E-state index < -0.39 is 5.97 Å². The van der Waals surface area contributed by atoms with Gasteiger partial charge in [-0.05, 0) is 38.1 Å². The van der Waals surface area contributed by atoms with Crippen molar-refractivity contribution in [3.8, 4) is 22.8 Å². The van der Waals surface area contributed by atoms with Crippen LogP contribution in [0.5, 0.6) is 11.5 Å². The van der Waals surface area contributed by atoms with Crippen LogP contribution >= 0.6 is 0 Å². The summed E-state index contributed by atoms with van der Waals surface area (Å²) in [5.74, 6) is 1.000. The van der Waals surface area contributed by atoms with E-state index in [1.54, 1.807) is 6.07 Å². The van der Waals surface area contributed by atoms with Gasteiger partial charge in [-0.2, -0.15) is 0 Å². The normalized spacial score (nSPS) is 10.6. The minimum atomic E-state index is -0.395. The lowest BCUT2D eigenvalue weighted by atomic mass is 10.0. The Balaban J connectivity index is 2.20. The Morgan fingerprint density at radius 2 is 1.77 bits per heavy atom. The van der Waals surface area contributed by atoms with Gasteiger partial charge in [-0.15, -0.1) is 0 Å². The van der Waals surface area contributed by atoms with Crippen LogP contribution in [-0.4, -0.2) is 31.3 Å². The molecule has 26 heavy (non-hydrogen) atoms. The number of benzene rings is 2. The smallest absolute Gasteiger partial charge is 0.338 e. The third-order valence-corrected chi connectivity index (χ3v) is 3.96. The molecular formula is C21H21NO4. The standard InChI is InChI=1S/C21H21NO4/c1-4-25-14-10-11-16(20(12-14)26-5-2)19-13-17(21(23)24-3)15-8-6-7-9-18(15)22-19/h6-13H,4-5H2,1-3H3. The molecule has 0 N–H and O–H groups in total. The minimum Gasteiger partial charge on any atom is -0.494 e. The number of rotatable bonds is 6. The predicted octanol–water partition coefficient (Wildman–Crippen LogP) is 4.49. The van der Waals surface area contributed by atoms with Gasteiger partial charge in [0.1, 0.15) is 11.5 Å². The summed E-state index contributed by atoms with van der Waals surface area (Å²) in [6.45, 7) is 4.94. The molecule has 0 aliphatic rings. The summed E-state index contributed by atoms with van der Waals surface area (Å²) in [6, 6.07) is 14.9. The number of fused-ring (bicyclic) bond motifs is 1. The van der Waals surface area contributed by atoms with Gasteiger partial charge in [0.25, 0.3) is 0 Å². The van der Waals surface area contributed by atoms with Gasteiger partial charge in [0.05, 0.1) is 37.1 Å². The molecule has 0 unspecified atom stereocenters. The molecular weight excluding hydrogens is 330 g/mol. The molecule has 5 heteroatoms. The molecule has 0 saturated heterocycles. The summed E-state index contributed by atoms with van der Waals surface area (Å²) in [6.07, 6.45) is 0. The number of para-hydroxylation sites is 1. The lowest BCUT2D eigenvalue weighted by Gasteiger charge is -2.14. The Bertz CT molecular complexity index is 936. The third kappa shape index (κ3) is 3.47. The molecule has 2 aromatic carbocycles. The first-order chi connectivity index (χ1) is 12.7. The molecule has 0 atom stereocenters. The van der Waals surface area contributed by atoms with E-state index in [9.17, 15) is 4.79 Å². The van der Waals surface area contributed by atoms with Crippen molar-refractivity contribution in [1.29, 1.82) is 0 Å². The van der Waals surface area contributed by atoms with Gasteiger partial charge in [-0.1, -0.05) is 18.2 Å². The highest BCUT2D eigenvalue weighted by molar-refractivity contribution is 6.04. The second kappa shape index (κ2) is 7.87. The molecule has 0 fully saturated rings. The van der Waals surface area contributed by atoms with Crippen molar-refractivity contribution in [2.45, 2.75) is 13.8 Å². The van der Waals surface area contributed by atoms with Gasteiger partial charge in [-0.25, -0.2) is 9.78 Å². The van der Waals surface area contributed by atoms with Crippen LogP contribution in [0.1, 0.15) is 24.2 Å². The summed E-state index contributed by atoms with van der Waals surface area (Å²) in [7, 11) is 1.37. The number of hydrogen-bond donors (Lipinski definition) is 0. The molecule has 0 aliphatic carbocycles. The SMILES string of the molecule is CCOc1ccc(-c2cc(C(=O)OC)c3ccccc3n2)c(OCC)c1. The lowest BCUT2D eigenvalue weighted by Crippen LogP contribution is -2.04. The summed E-state index contributed by atoms with van der Waals surface area (Å²) in [5, 5.41) is 0.756. The zero-order chi connectivity index (χ0) is 18.5. The molecule has 0 spiro atoms. The van der Waals surface area contributed by atoms with E-state index in [1.165, 1.54) is 7.11 Å². The molecule has 1 heterocycles. The second-order valence-electron chi connectivity index (χ2n) is 5.59. The van der Waals surface area contributed by atoms with E-state index in [4.69, 9.17) is 19.2 Å². The van der Waals surface area contributed by atoms with E-state index >= 15 is 0 Å². The molecule has 3 rings (SSSR count). The second-order valence-corrected chi connectivity index (χ2v) is 5.59. The average Bonchev–Trinajstić information content (AvgIpc) is 2.67. The van der Waals surface area contributed by atoms with Crippen LogP contribution in [-0.2, 0) is 4.74 Å². The number of aromatic nitrogens is 1. The zero-order valence-corrected chi connectivity index (χ0v) is 15.1. The molecule has 0 radical (unpaired) electrons. The Kier molecular flexibility index (Phi) is 5.37. The number of carbonyl (C=O) groups excluding carboxylic acids is 1. The lowest BCUT2D eigenvalue weighted by molar-refractivity contribution is 0.0603. The van der Waals surface area contributed by atoms with Gasteiger partial charge in [0.2, 0.25) is 0 Å². The highest BCUT2D eigenvalue weighted by Crippen LogP contribution is 2.34. The fraction of sp³-hybridized carbons (Fsp3) is 0.238.